The van der Waals surface area contributed by atoms with E-state index in [1.54, 1.807) is 0 Å². The lowest BCUT2D eigenvalue weighted by molar-refractivity contribution is 0.289. The zero-order valence-electron chi connectivity index (χ0n) is 17.1. The van der Waals surface area contributed by atoms with Crippen LogP contribution in [0.4, 0.5) is 0 Å². The highest BCUT2D eigenvalue weighted by Crippen LogP contribution is 2.32. The van der Waals surface area contributed by atoms with Crippen LogP contribution in [0.3, 0.4) is 0 Å². The van der Waals surface area contributed by atoms with Gasteiger partial charge in [-0.15, -0.1) is 0 Å². The lowest BCUT2D eigenvalue weighted by atomic mass is 9.79. The van der Waals surface area contributed by atoms with Crippen molar-refractivity contribution in [3.05, 3.63) is 47.5 Å². The van der Waals surface area contributed by atoms with Gasteiger partial charge < -0.3 is 0 Å². The number of hydrogen-bond donors (Lipinski definition) is 0. The molecule has 0 atom stereocenters. The molecule has 1 aromatic rings. The maximum absolute atomic E-state index is 3.29. The molecule has 0 amide bonds. The average Bonchev–Trinajstić information content (AvgIpc) is 2.68. The van der Waals surface area contributed by atoms with Gasteiger partial charge in [-0.2, -0.15) is 0 Å². The molecule has 1 aliphatic carbocycles. The molecule has 1 aliphatic rings. The van der Waals surface area contributed by atoms with Crippen LogP contribution >= 0.6 is 0 Å². The Hall–Kier alpha value is -1.48. The fourth-order valence-corrected chi connectivity index (χ4v) is 4.00. The molecule has 0 aromatic heterocycles. The third-order valence-corrected chi connectivity index (χ3v) is 5.80. The third-order valence-electron chi connectivity index (χ3n) is 5.80. The van der Waals surface area contributed by atoms with Crippen LogP contribution in [0.15, 0.2) is 36.4 Å². The van der Waals surface area contributed by atoms with Gasteiger partial charge in [0.2, 0.25) is 0 Å². The Morgan fingerprint density at radius 1 is 0.885 bits per heavy atom. The van der Waals surface area contributed by atoms with Crippen molar-refractivity contribution in [3.8, 4) is 11.8 Å². The highest BCUT2D eigenvalue weighted by molar-refractivity contribution is 5.38. The van der Waals surface area contributed by atoms with E-state index in [1.165, 1.54) is 82.6 Å². The summed E-state index contributed by atoms with van der Waals surface area (Å²) in [5.41, 5.74) is 2.57. The van der Waals surface area contributed by atoms with E-state index in [2.05, 4.69) is 62.1 Å². The quantitative estimate of drug-likeness (QED) is 0.316. The summed E-state index contributed by atoms with van der Waals surface area (Å²) >= 11 is 0. The van der Waals surface area contributed by atoms with Crippen molar-refractivity contribution in [2.24, 2.45) is 11.8 Å². The second-order valence-electron chi connectivity index (χ2n) is 8.06. The first-order valence-corrected chi connectivity index (χ1v) is 11.1. The molecule has 2 rings (SSSR count). The summed E-state index contributed by atoms with van der Waals surface area (Å²) in [6, 6.07) is 8.82. The van der Waals surface area contributed by atoms with Gasteiger partial charge in [0.1, 0.15) is 0 Å². The van der Waals surface area contributed by atoms with Gasteiger partial charge >= 0.3 is 0 Å². The van der Waals surface area contributed by atoms with Gasteiger partial charge in [-0.1, -0.05) is 82.4 Å². The number of aryl methyl sites for hydroxylation is 1. The van der Waals surface area contributed by atoms with Crippen LogP contribution < -0.4 is 0 Å². The Bertz CT molecular complexity index is 558. The monoisotopic (exact) mass is 350 g/mol. The second kappa shape index (κ2) is 12.8. The van der Waals surface area contributed by atoms with Crippen molar-refractivity contribution in [2.75, 3.05) is 0 Å². The van der Waals surface area contributed by atoms with E-state index in [1.807, 2.05) is 0 Å². The lowest BCUT2D eigenvalue weighted by Gasteiger charge is -2.26. The zero-order chi connectivity index (χ0) is 18.5. The molecule has 0 bridgehead atoms. The van der Waals surface area contributed by atoms with Gasteiger partial charge in [-0.25, -0.2) is 0 Å². The van der Waals surface area contributed by atoms with Crippen molar-refractivity contribution in [2.45, 2.75) is 90.9 Å². The Balaban J connectivity index is 1.69. The first-order valence-electron chi connectivity index (χ1n) is 11.1. The number of unbranched alkanes of at least 4 members (excludes halogenated alkanes) is 4. The van der Waals surface area contributed by atoms with E-state index in [0.717, 1.165) is 17.4 Å². The molecule has 0 unspecified atom stereocenters. The van der Waals surface area contributed by atoms with Crippen LogP contribution in [0.25, 0.3) is 0 Å². The fourth-order valence-electron chi connectivity index (χ4n) is 4.00. The third kappa shape index (κ3) is 8.27. The molecule has 0 heteroatoms. The molecular weight excluding hydrogens is 312 g/mol. The van der Waals surface area contributed by atoms with Crippen LogP contribution in [-0.4, -0.2) is 0 Å². The molecule has 26 heavy (non-hydrogen) atoms. The Morgan fingerprint density at radius 2 is 1.58 bits per heavy atom. The summed E-state index contributed by atoms with van der Waals surface area (Å²) in [5, 5.41) is 0. The molecule has 142 valence electrons. The molecular formula is C26H38. The summed E-state index contributed by atoms with van der Waals surface area (Å²) in [6.45, 7) is 4.55. The highest BCUT2D eigenvalue weighted by atomic mass is 14.2. The van der Waals surface area contributed by atoms with Gasteiger partial charge in [0, 0.05) is 5.56 Å². The van der Waals surface area contributed by atoms with Crippen LogP contribution in [0.2, 0.25) is 0 Å². The zero-order valence-corrected chi connectivity index (χ0v) is 17.1. The SMILES string of the molecule is CCCCCc1ccc(C#C/C=C/[C@H]2CC[C@H](CCCCC)CC2)cc1. The molecule has 0 spiro atoms. The maximum atomic E-state index is 3.29. The standard InChI is InChI=1S/C26H38/c1-3-5-7-11-23-15-19-25(20-16-23)13-9-10-14-26-21-17-24(18-22-26)12-8-6-4-2/h9,13,17-18,21-23,25H,3-8,11-12,15-16,19-20H2,1-2H3/b13-9+/t23-,25-. The minimum Gasteiger partial charge on any atom is -0.0730 e. The molecule has 0 aliphatic heterocycles. The van der Waals surface area contributed by atoms with Crippen molar-refractivity contribution >= 4 is 0 Å². The largest absolute Gasteiger partial charge is 0.0730 e. The highest BCUT2D eigenvalue weighted by Gasteiger charge is 2.18. The van der Waals surface area contributed by atoms with E-state index in [0.29, 0.717) is 0 Å². The van der Waals surface area contributed by atoms with Crippen molar-refractivity contribution < 1.29 is 0 Å². The first kappa shape index (κ1) is 20.8. The summed E-state index contributed by atoms with van der Waals surface area (Å²) < 4.78 is 0. The van der Waals surface area contributed by atoms with Crippen molar-refractivity contribution in [1.82, 2.24) is 0 Å². The average molecular weight is 351 g/mol. The van der Waals surface area contributed by atoms with E-state index in [9.17, 15) is 0 Å². The fraction of sp³-hybridized carbons (Fsp3) is 0.615. The number of allylic oxidation sites excluding steroid dienone is 2. The van der Waals surface area contributed by atoms with Gasteiger partial charge in [0.25, 0.3) is 0 Å². The Morgan fingerprint density at radius 3 is 2.27 bits per heavy atom. The summed E-state index contributed by atoms with van der Waals surface area (Å²) in [7, 11) is 0. The van der Waals surface area contributed by atoms with Crippen LogP contribution in [0, 0.1) is 23.7 Å². The normalized spacial score (nSPS) is 20.1. The number of hydrogen-bond acceptors (Lipinski definition) is 0. The molecule has 0 heterocycles. The Labute approximate surface area is 162 Å². The topological polar surface area (TPSA) is 0 Å². The van der Waals surface area contributed by atoms with E-state index >= 15 is 0 Å². The van der Waals surface area contributed by atoms with Gasteiger partial charge in [0.05, 0.1) is 0 Å². The summed E-state index contributed by atoms with van der Waals surface area (Å²) in [5.74, 6) is 8.28. The van der Waals surface area contributed by atoms with Crippen LogP contribution in [-0.2, 0) is 6.42 Å². The Kier molecular flexibility index (Phi) is 10.3. The predicted octanol–water partition coefficient (Wildman–Crippen LogP) is 7.71. The summed E-state index contributed by atoms with van der Waals surface area (Å²) in [6.07, 6.45) is 20.8. The smallest absolute Gasteiger partial charge is 0.0249 e. The van der Waals surface area contributed by atoms with Crippen molar-refractivity contribution in [1.29, 1.82) is 0 Å². The van der Waals surface area contributed by atoms with Crippen molar-refractivity contribution in [3.63, 3.8) is 0 Å². The molecule has 0 saturated heterocycles. The molecule has 1 fully saturated rings. The molecule has 1 saturated carbocycles. The van der Waals surface area contributed by atoms with Crippen LogP contribution in [0.5, 0.6) is 0 Å². The molecule has 1 aromatic carbocycles. The minimum absolute atomic E-state index is 0.757. The van der Waals surface area contributed by atoms with Gasteiger partial charge in [-0.05, 0) is 74.1 Å². The van der Waals surface area contributed by atoms with E-state index < -0.39 is 0 Å². The molecule has 0 N–H and O–H groups in total. The first-order chi connectivity index (χ1) is 12.8. The lowest BCUT2D eigenvalue weighted by Crippen LogP contribution is -2.12. The molecule has 0 radical (unpaired) electrons. The van der Waals surface area contributed by atoms with Gasteiger partial charge in [0.15, 0.2) is 0 Å². The molecule has 0 nitrogen and oxygen atoms in total. The van der Waals surface area contributed by atoms with E-state index in [4.69, 9.17) is 0 Å². The second-order valence-corrected chi connectivity index (χ2v) is 8.06. The minimum atomic E-state index is 0.757. The summed E-state index contributed by atoms with van der Waals surface area (Å²) in [4.78, 5) is 0. The van der Waals surface area contributed by atoms with E-state index in [-0.39, 0.29) is 0 Å². The number of benzene rings is 1. The number of rotatable bonds is 9. The maximum Gasteiger partial charge on any atom is 0.0249 e. The van der Waals surface area contributed by atoms with Crippen LogP contribution in [0.1, 0.15) is 95.6 Å². The predicted molar refractivity (Wildman–Crippen MR) is 115 cm³/mol. The van der Waals surface area contributed by atoms with Gasteiger partial charge in [-0.3, -0.25) is 0 Å².